The molecule has 4 rings (SSSR count). The van der Waals surface area contributed by atoms with Crippen molar-refractivity contribution in [1.29, 1.82) is 0 Å². The van der Waals surface area contributed by atoms with Crippen molar-refractivity contribution in [2.75, 3.05) is 50.9 Å². The molecule has 0 amide bonds. The number of nitrogens with zero attached hydrogens (tertiary/aromatic N) is 4. The van der Waals surface area contributed by atoms with Crippen molar-refractivity contribution in [2.24, 2.45) is 0 Å². The quantitative estimate of drug-likeness (QED) is 0.544. The van der Waals surface area contributed by atoms with Crippen LogP contribution in [0.1, 0.15) is 24.8 Å². The maximum Gasteiger partial charge on any atom is 0.307 e. The van der Waals surface area contributed by atoms with Crippen molar-refractivity contribution < 1.29 is 19.4 Å². The fourth-order valence-electron chi connectivity index (χ4n) is 4.65. The lowest BCUT2D eigenvalue weighted by atomic mass is 9.82. The van der Waals surface area contributed by atoms with Gasteiger partial charge in [0.15, 0.2) is 0 Å². The van der Waals surface area contributed by atoms with Crippen molar-refractivity contribution in [1.82, 2.24) is 14.9 Å². The molecule has 1 aromatic heterocycles. The van der Waals surface area contributed by atoms with Crippen LogP contribution in [0.4, 0.5) is 5.95 Å². The Balaban J connectivity index is 1.42. The summed E-state index contributed by atoms with van der Waals surface area (Å²) in [4.78, 5) is 24.7. The number of carbonyl (C=O) groups is 1. The number of aliphatic carboxylic acids is 1. The van der Waals surface area contributed by atoms with Gasteiger partial charge in [-0.1, -0.05) is 17.7 Å². The molecule has 3 heterocycles. The molecular formula is C23H28BrClN4O4. The van der Waals surface area contributed by atoms with Crippen LogP contribution in [0.3, 0.4) is 0 Å². The van der Waals surface area contributed by atoms with Crippen LogP contribution in [0.5, 0.6) is 5.75 Å². The van der Waals surface area contributed by atoms with E-state index >= 15 is 0 Å². The zero-order valence-electron chi connectivity index (χ0n) is 18.4. The van der Waals surface area contributed by atoms with Gasteiger partial charge in [-0.3, -0.25) is 9.69 Å². The third kappa shape index (κ3) is 6.15. The van der Waals surface area contributed by atoms with E-state index in [2.05, 4.69) is 35.7 Å². The molecule has 2 aliphatic heterocycles. The second-order valence-electron chi connectivity index (χ2n) is 8.45. The van der Waals surface area contributed by atoms with Gasteiger partial charge in [0.1, 0.15) is 5.75 Å². The van der Waals surface area contributed by atoms with E-state index in [0.717, 1.165) is 69.1 Å². The van der Waals surface area contributed by atoms with Crippen LogP contribution in [0.15, 0.2) is 35.1 Å². The highest BCUT2D eigenvalue weighted by atomic mass is 79.9. The number of benzene rings is 1. The summed E-state index contributed by atoms with van der Waals surface area (Å²) in [5, 5.41) is 9.56. The molecule has 0 aliphatic carbocycles. The molecule has 2 fully saturated rings. The van der Waals surface area contributed by atoms with E-state index in [1.54, 1.807) is 30.6 Å². The minimum atomic E-state index is -0.879. The van der Waals surface area contributed by atoms with E-state index in [4.69, 9.17) is 26.2 Å². The molecule has 10 heteroatoms. The van der Waals surface area contributed by atoms with E-state index in [1.807, 2.05) is 0 Å². The van der Waals surface area contributed by atoms with Gasteiger partial charge in [0.2, 0.25) is 5.95 Å². The van der Waals surface area contributed by atoms with Crippen LogP contribution in [0.2, 0.25) is 5.02 Å². The monoisotopic (exact) mass is 538 g/mol. The normalized spacial score (nSPS) is 18.8. The van der Waals surface area contributed by atoms with Crippen LogP contribution in [0, 0.1) is 0 Å². The number of piperidine rings is 1. The zero-order chi connectivity index (χ0) is 23.3. The molecular weight excluding hydrogens is 512 g/mol. The Kier molecular flexibility index (Phi) is 8.06. The van der Waals surface area contributed by atoms with Crippen LogP contribution >= 0.6 is 27.5 Å². The lowest BCUT2D eigenvalue weighted by molar-refractivity contribution is -0.136. The maximum absolute atomic E-state index is 11.0. The number of hydrogen-bond acceptors (Lipinski definition) is 7. The van der Waals surface area contributed by atoms with Gasteiger partial charge in [-0.05, 0) is 52.9 Å². The molecule has 1 N–H and O–H groups in total. The Morgan fingerprint density at radius 3 is 2.55 bits per heavy atom. The van der Waals surface area contributed by atoms with Crippen molar-refractivity contribution in [3.8, 4) is 5.75 Å². The minimum Gasteiger partial charge on any atom is -0.492 e. The number of rotatable bonds is 8. The first-order valence-corrected chi connectivity index (χ1v) is 12.3. The van der Waals surface area contributed by atoms with Crippen LogP contribution in [-0.4, -0.2) is 77.5 Å². The predicted octanol–water partition coefficient (Wildman–Crippen LogP) is 3.66. The van der Waals surface area contributed by atoms with E-state index in [-0.39, 0.29) is 12.0 Å². The zero-order valence-corrected chi connectivity index (χ0v) is 20.7. The Labute approximate surface area is 207 Å². The Morgan fingerprint density at radius 2 is 1.88 bits per heavy atom. The smallest absolute Gasteiger partial charge is 0.307 e. The highest BCUT2D eigenvalue weighted by molar-refractivity contribution is 9.10. The molecule has 0 atom stereocenters. The number of hydrogen-bond donors (Lipinski definition) is 1. The van der Waals surface area contributed by atoms with Crippen LogP contribution < -0.4 is 9.64 Å². The van der Waals surface area contributed by atoms with Gasteiger partial charge in [-0.2, -0.15) is 0 Å². The van der Waals surface area contributed by atoms with Crippen molar-refractivity contribution in [2.45, 2.75) is 31.2 Å². The van der Waals surface area contributed by atoms with E-state index in [0.29, 0.717) is 22.9 Å². The van der Waals surface area contributed by atoms with E-state index < -0.39 is 5.97 Å². The molecule has 0 saturated carbocycles. The first-order valence-electron chi connectivity index (χ1n) is 11.1. The fourth-order valence-corrected chi connectivity index (χ4v) is 5.02. The highest BCUT2D eigenvalue weighted by Gasteiger charge is 2.40. The molecule has 2 aromatic rings. The summed E-state index contributed by atoms with van der Waals surface area (Å²) in [5.41, 5.74) is 0.674. The lowest BCUT2D eigenvalue weighted by Gasteiger charge is -2.50. The second kappa shape index (κ2) is 11.0. The SMILES string of the molecule is O=C(O)Cc1ccc(Cl)c(OCCC2(N3CCOCC3)CCN(c3ncc(Br)cn3)CC2)c1. The Morgan fingerprint density at radius 1 is 1.18 bits per heavy atom. The molecule has 2 saturated heterocycles. The molecule has 33 heavy (non-hydrogen) atoms. The number of carboxylic acids is 1. The lowest BCUT2D eigenvalue weighted by Crippen LogP contribution is -2.59. The number of ether oxygens (including phenoxy) is 2. The summed E-state index contributed by atoms with van der Waals surface area (Å²) in [5.74, 6) is 0.413. The molecule has 8 nitrogen and oxygen atoms in total. The molecule has 2 aliphatic rings. The second-order valence-corrected chi connectivity index (χ2v) is 9.77. The number of halogens is 2. The summed E-state index contributed by atoms with van der Waals surface area (Å²) in [7, 11) is 0. The number of carboxylic acid groups (broad SMARTS) is 1. The summed E-state index contributed by atoms with van der Waals surface area (Å²) in [6.07, 6.45) is 6.30. The van der Waals surface area contributed by atoms with Gasteiger partial charge >= 0.3 is 5.97 Å². The van der Waals surface area contributed by atoms with Crippen LogP contribution in [-0.2, 0) is 16.0 Å². The van der Waals surface area contributed by atoms with Gasteiger partial charge in [-0.25, -0.2) is 9.97 Å². The molecule has 0 radical (unpaired) electrons. The minimum absolute atomic E-state index is 0.000788. The van der Waals surface area contributed by atoms with Gasteiger partial charge in [-0.15, -0.1) is 0 Å². The maximum atomic E-state index is 11.0. The number of aromatic nitrogens is 2. The first kappa shape index (κ1) is 24.2. The van der Waals surface area contributed by atoms with Gasteiger partial charge in [0, 0.05) is 44.1 Å². The topological polar surface area (TPSA) is 88.0 Å². The molecule has 178 valence electrons. The predicted molar refractivity (Wildman–Crippen MR) is 129 cm³/mol. The highest BCUT2D eigenvalue weighted by Crippen LogP contribution is 2.35. The Bertz CT molecular complexity index is 948. The van der Waals surface area contributed by atoms with E-state index in [9.17, 15) is 4.79 Å². The van der Waals surface area contributed by atoms with Crippen molar-refractivity contribution in [3.05, 3.63) is 45.7 Å². The van der Waals surface area contributed by atoms with Gasteiger partial charge < -0.3 is 19.5 Å². The van der Waals surface area contributed by atoms with Crippen molar-refractivity contribution >= 4 is 39.4 Å². The number of morpholine rings is 1. The molecule has 0 spiro atoms. The van der Waals surface area contributed by atoms with Gasteiger partial charge in [0.05, 0.1) is 35.7 Å². The summed E-state index contributed by atoms with van der Waals surface area (Å²) < 4.78 is 12.5. The van der Waals surface area contributed by atoms with E-state index in [1.165, 1.54) is 0 Å². The third-order valence-electron chi connectivity index (χ3n) is 6.44. The first-order chi connectivity index (χ1) is 15.9. The summed E-state index contributed by atoms with van der Waals surface area (Å²) in [6, 6.07) is 5.15. The largest absolute Gasteiger partial charge is 0.492 e. The third-order valence-corrected chi connectivity index (χ3v) is 7.16. The fraction of sp³-hybridized carbons (Fsp3) is 0.522. The summed E-state index contributed by atoms with van der Waals surface area (Å²) >= 11 is 9.71. The number of anilines is 1. The molecule has 0 bridgehead atoms. The average Bonchev–Trinajstić information content (AvgIpc) is 2.82. The average molecular weight is 540 g/mol. The Hall–Kier alpha value is -1.94. The van der Waals surface area contributed by atoms with Gasteiger partial charge in [0.25, 0.3) is 0 Å². The standard InChI is InChI=1S/C23H28BrClN4O4/c24-18-15-26-22(27-16-18)28-6-3-23(4-7-28,29-8-11-32-12-9-29)5-10-33-20-13-17(14-21(30)31)1-2-19(20)25/h1-2,13,15-16H,3-12,14H2,(H,30,31). The molecule has 1 aromatic carbocycles. The van der Waals surface area contributed by atoms with Crippen molar-refractivity contribution in [3.63, 3.8) is 0 Å². The molecule has 0 unspecified atom stereocenters. The summed E-state index contributed by atoms with van der Waals surface area (Å²) in [6.45, 7) is 5.54. The van der Waals surface area contributed by atoms with Crippen LogP contribution in [0.25, 0.3) is 0 Å².